The molecule has 0 bridgehead atoms. The Hall–Kier alpha value is -1.70. The standard InChI is InChI=1S/C6H10N4.C6H8O6P2.4H2O/c1-2-8-5(7-1)6-9-3-4-10-6;7-13(8,9)5-1-2-6(4-3-5)14(10,11)12;;;;/h1-4H2,(H,7,8)(H,9,10);1-4H,(H2,7,8,9)(H2,10,11,12);4*1H2. The molecule has 0 amide bonds. The monoisotopic (exact) mass is 448 g/mol. The van der Waals surface area contributed by atoms with Gasteiger partial charge in [-0.1, -0.05) is 0 Å². The largest absolute Gasteiger partial charge is 0.775 e. The Labute approximate surface area is 160 Å². The predicted molar refractivity (Wildman–Crippen MR) is 97.5 cm³/mol. The molecule has 1 aromatic carbocycles. The summed E-state index contributed by atoms with van der Waals surface area (Å²) in [5.41, 5.74) is 0. The van der Waals surface area contributed by atoms with E-state index in [0.717, 1.165) is 62.1 Å². The molecule has 0 radical (unpaired) electrons. The van der Waals surface area contributed by atoms with Crippen LogP contribution < -0.4 is 41.0 Å². The summed E-state index contributed by atoms with van der Waals surface area (Å²) in [6, 6.07) is 3.57. The highest BCUT2D eigenvalue weighted by Gasteiger charge is 2.27. The Morgan fingerprint density at radius 3 is 1.21 bits per heavy atom. The molecule has 0 aromatic heterocycles. The first kappa shape index (κ1) is 31.0. The Morgan fingerprint density at radius 1 is 0.750 bits per heavy atom. The van der Waals surface area contributed by atoms with Crippen molar-refractivity contribution >= 4 is 37.5 Å². The van der Waals surface area contributed by atoms with E-state index in [9.17, 15) is 18.9 Å². The second-order valence-corrected chi connectivity index (χ2v) is 8.13. The van der Waals surface area contributed by atoms with Crippen LogP contribution in [-0.4, -0.2) is 69.5 Å². The van der Waals surface area contributed by atoms with Gasteiger partial charge in [-0.2, -0.15) is 0 Å². The first-order valence-corrected chi connectivity index (χ1v) is 10.2. The van der Waals surface area contributed by atoms with Crippen molar-refractivity contribution in [2.75, 3.05) is 26.2 Å². The molecule has 2 aliphatic heterocycles. The highest BCUT2D eigenvalue weighted by molar-refractivity contribution is 7.59. The van der Waals surface area contributed by atoms with E-state index in [2.05, 4.69) is 20.6 Å². The summed E-state index contributed by atoms with van der Waals surface area (Å²) in [5, 5.41) is 5.67. The van der Waals surface area contributed by atoms with Crippen molar-refractivity contribution in [2.45, 2.75) is 0 Å². The van der Waals surface area contributed by atoms with Gasteiger partial charge >= 0.3 is 11.7 Å². The zero-order valence-electron chi connectivity index (χ0n) is 14.6. The smallest absolute Gasteiger partial charge is 0.358 e. The molecule has 3 rings (SSSR count). The van der Waals surface area contributed by atoms with Crippen LogP contribution in [0.1, 0.15) is 0 Å². The van der Waals surface area contributed by atoms with Crippen LogP contribution in [0.2, 0.25) is 0 Å². The van der Waals surface area contributed by atoms with E-state index in [-0.39, 0.29) is 21.9 Å². The predicted octanol–water partition coefficient (Wildman–Crippen LogP) is -10.1. The Kier molecular flexibility index (Phi) is 14.1. The van der Waals surface area contributed by atoms with Gasteiger partial charge in [0.05, 0.1) is 0 Å². The normalized spacial score (nSPS) is 18.1. The van der Waals surface area contributed by atoms with Gasteiger partial charge in [0.1, 0.15) is 26.2 Å². The second kappa shape index (κ2) is 12.7. The fourth-order valence-electron chi connectivity index (χ4n) is 2.06. The van der Waals surface area contributed by atoms with E-state index in [1.54, 1.807) is 0 Å². The molecule has 14 nitrogen and oxygen atoms in total. The molecule has 28 heavy (non-hydrogen) atoms. The van der Waals surface area contributed by atoms with Crippen LogP contribution in [0.15, 0.2) is 24.3 Å². The molecule has 2 atom stereocenters. The third kappa shape index (κ3) is 8.99. The van der Waals surface area contributed by atoms with Gasteiger partial charge < -0.3 is 50.6 Å². The summed E-state index contributed by atoms with van der Waals surface area (Å²) in [7, 11) is -9.23. The van der Waals surface area contributed by atoms with Crippen molar-refractivity contribution in [1.82, 2.24) is 10.6 Å². The molecule has 14 N–H and O–H groups in total. The van der Waals surface area contributed by atoms with Crippen molar-refractivity contribution in [2.24, 2.45) is 0 Å². The fraction of sp³-hybridized carbons (Fsp3) is 0.333. The summed E-state index contributed by atoms with van der Waals surface area (Å²) in [5.74, 6) is 2.25. The molecular formula is C12H26N4O10P2. The molecule has 0 saturated carbocycles. The lowest BCUT2D eigenvalue weighted by molar-refractivity contribution is -0.458. The molecule has 164 valence electrons. The average Bonchev–Trinajstić information content (AvgIpc) is 3.19. The van der Waals surface area contributed by atoms with Crippen LogP contribution in [0.3, 0.4) is 0 Å². The van der Waals surface area contributed by atoms with Crippen molar-refractivity contribution in [3.63, 3.8) is 0 Å². The van der Waals surface area contributed by atoms with E-state index >= 15 is 0 Å². The second-order valence-electron chi connectivity index (χ2n) is 5.01. The van der Waals surface area contributed by atoms with Gasteiger partial charge in [-0.15, -0.1) is 0 Å². The number of hydrogen-bond acceptors (Lipinski definition) is 6. The number of benzene rings is 1. The van der Waals surface area contributed by atoms with E-state index in [1.165, 1.54) is 0 Å². The molecule has 16 heteroatoms. The Morgan fingerprint density at radius 2 is 1.04 bits per heavy atom. The third-order valence-electron chi connectivity index (χ3n) is 3.21. The third-order valence-corrected chi connectivity index (χ3v) is 5.11. The molecule has 0 spiro atoms. The zero-order chi connectivity index (χ0) is 17.8. The molecular weight excluding hydrogens is 422 g/mol. The van der Waals surface area contributed by atoms with Crippen LogP contribution in [0.5, 0.6) is 0 Å². The van der Waals surface area contributed by atoms with Gasteiger partial charge in [-0.3, -0.25) is 20.6 Å². The topological polar surface area (TPSA) is 299 Å². The fourth-order valence-corrected chi connectivity index (χ4v) is 3.11. The summed E-state index contributed by atoms with van der Waals surface area (Å²) >= 11 is 0. The van der Waals surface area contributed by atoms with Crippen LogP contribution in [0.25, 0.3) is 0 Å². The van der Waals surface area contributed by atoms with Gasteiger partial charge in [0.25, 0.3) is 0 Å². The van der Waals surface area contributed by atoms with Gasteiger partial charge in [-0.25, -0.2) is 0 Å². The van der Waals surface area contributed by atoms with Crippen molar-refractivity contribution < 1.29 is 60.6 Å². The quantitative estimate of drug-likeness (QED) is 0.240. The van der Waals surface area contributed by atoms with Crippen LogP contribution in [0, 0.1) is 0 Å². The van der Waals surface area contributed by atoms with Crippen molar-refractivity contribution in [3.05, 3.63) is 24.3 Å². The molecule has 0 aliphatic carbocycles. The van der Waals surface area contributed by atoms with Gasteiger partial charge in [0.15, 0.2) is 15.2 Å². The highest BCUT2D eigenvalue weighted by atomic mass is 31.2. The summed E-state index contributed by atoms with van der Waals surface area (Å²) < 4.78 is 21.1. The maximum atomic E-state index is 10.6. The maximum Gasteiger partial charge on any atom is 0.358 e. The number of amidine groups is 2. The molecule has 2 unspecified atom stereocenters. The average molecular weight is 448 g/mol. The summed E-state index contributed by atoms with van der Waals surface area (Å²) in [6.45, 7) is 4.12. The number of rotatable bonds is 3. The van der Waals surface area contributed by atoms with Crippen molar-refractivity contribution in [1.29, 1.82) is 0 Å². The Bertz CT molecular complexity index is 680. The van der Waals surface area contributed by atoms with Gasteiger partial charge in [-0.05, 0) is 24.3 Å². The minimum atomic E-state index is -4.61. The molecule has 2 aliphatic rings. The minimum Gasteiger partial charge on any atom is -0.775 e. The van der Waals surface area contributed by atoms with Crippen LogP contribution in [-0.2, 0) is 9.13 Å². The highest BCUT2D eigenvalue weighted by Crippen LogP contribution is 2.30. The van der Waals surface area contributed by atoms with E-state index in [1.807, 2.05) is 0 Å². The zero-order valence-corrected chi connectivity index (χ0v) is 16.3. The van der Waals surface area contributed by atoms with Crippen molar-refractivity contribution in [3.8, 4) is 0 Å². The van der Waals surface area contributed by atoms with Crippen LogP contribution in [0.4, 0.5) is 0 Å². The minimum absolute atomic E-state index is 0. The van der Waals surface area contributed by atoms with E-state index in [0.29, 0.717) is 0 Å². The summed E-state index contributed by atoms with van der Waals surface area (Å²) in [4.78, 5) is 44.8. The summed E-state index contributed by atoms with van der Waals surface area (Å²) in [6.07, 6.45) is 0. The Balaban J connectivity index is -0.000000403. The van der Waals surface area contributed by atoms with Gasteiger partial charge in [0, 0.05) is 10.6 Å². The lowest BCUT2D eigenvalue weighted by Crippen LogP contribution is -2.81. The first-order chi connectivity index (χ1) is 11.2. The lowest BCUT2D eigenvalue weighted by Gasteiger charge is -2.19. The SMILES string of the molecule is C1C[NH+]=C(C2=[NH+]CCN2)N1.O.O.O.O.O=P([O-])(O)c1ccc(P(=O)([O-])O)cc1. The lowest BCUT2D eigenvalue weighted by atomic mass is 10.4. The van der Waals surface area contributed by atoms with Gasteiger partial charge in [0.2, 0.25) is 0 Å². The van der Waals surface area contributed by atoms with E-state index < -0.39 is 25.8 Å². The maximum absolute atomic E-state index is 10.6. The molecule has 2 heterocycles. The number of nitrogens with one attached hydrogen (secondary N) is 4. The van der Waals surface area contributed by atoms with E-state index in [4.69, 9.17) is 9.79 Å². The first-order valence-electron chi connectivity index (χ1n) is 7.06. The number of hydrogen-bond donors (Lipinski definition) is 6. The molecule has 0 fully saturated rings. The van der Waals surface area contributed by atoms with Crippen LogP contribution >= 0.6 is 15.2 Å². The molecule has 1 aromatic rings. The molecule has 0 saturated heterocycles.